The van der Waals surface area contributed by atoms with Gasteiger partial charge >= 0.3 is 0 Å². The van der Waals surface area contributed by atoms with E-state index >= 15 is 0 Å². The smallest absolute Gasteiger partial charge is 0.280 e. The van der Waals surface area contributed by atoms with Crippen LogP contribution in [0, 0.1) is 36.2 Å². The molecular formula is C24H11Cl2F5I2N2O2. The number of anilines is 1. The molecule has 0 atom stereocenters. The highest BCUT2D eigenvalue weighted by Crippen LogP contribution is 2.35. The predicted molar refractivity (Wildman–Crippen MR) is 147 cm³/mol. The van der Waals surface area contributed by atoms with Gasteiger partial charge < -0.3 is 4.74 Å². The van der Waals surface area contributed by atoms with Crippen molar-refractivity contribution < 1.29 is 31.5 Å². The van der Waals surface area contributed by atoms with E-state index < -0.39 is 40.7 Å². The zero-order valence-corrected chi connectivity index (χ0v) is 24.1. The highest BCUT2D eigenvalue weighted by atomic mass is 127. The van der Waals surface area contributed by atoms with E-state index in [0.29, 0.717) is 28.5 Å². The fraction of sp³-hybridized carbons (Fsp3) is 0.0833. The molecule has 0 aromatic heterocycles. The standard InChI is InChI=1S/C24H11Cl2F5I2N2O2/c1-9-12(24(36)35(34-9)22-20(30)18(28)17(27)19(29)21(22)31)4-11-6-15(32)23(16(33)7-11)37-8-10-2-3-13(25)14(26)5-10/h2-7H,8H2,1H3/b12-4-. The summed E-state index contributed by atoms with van der Waals surface area (Å²) < 4.78 is 76.6. The molecule has 1 heterocycles. The lowest BCUT2D eigenvalue weighted by Crippen LogP contribution is -2.25. The van der Waals surface area contributed by atoms with Gasteiger partial charge in [-0.2, -0.15) is 10.1 Å². The van der Waals surface area contributed by atoms with Gasteiger partial charge in [0.1, 0.15) is 18.0 Å². The number of carbonyl (C=O) groups is 1. The summed E-state index contributed by atoms with van der Waals surface area (Å²) in [7, 11) is 0. The molecule has 13 heteroatoms. The van der Waals surface area contributed by atoms with Crippen LogP contribution in [0.2, 0.25) is 10.0 Å². The fourth-order valence-corrected chi connectivity index (χ4v) is 5.82. The number of amides is 1. The van der Waals surface area contributed by atoms with Crippen LogP contribution in [0.4, 0.5) is 27.6 Å². The number of nitrogens with zero attached hydrogens (tertiary/aromatic N) is 2. The van der Waals surface area contributed by atoms with Gasteiger partial charge in [-0.1, -0.05) is 29.3 Å². The van der Waals surface area contributed by atoms with Crippen molar-refractivity contribution in [3.63, 3.8) is 0 Å². The number of rotatable bonds is 5. The van der Waals surface area contributed by atoms with Crippen LogP contribution in [0.15, 0.2) is 41.0 Å². The van der Waals surface area contributed by atoms with Gasteiger partial charge in [0.15, 0.2) is 23.3 Å². The van der Waals surface area contributed by atoms with E-state index in [0.717, 1.165) is 5.56 Å². The second-order valence-corrected chi connectivity index (χ2v) is 10.8. The third-order valence-electron chi connectivity index (χ3n) is 5.16. The molecule has 4 nitrogen and oxygen atoms in total. The lowest BCUT2D eigenvalue weighted by atomic mass is 10.1. The third kappa shape index (κ3) is 5.45. The van der Waals surface area contributed by atoms with Gasteiger partial charge in [0.2, 0.25) is 5.82 Å². The Morgan fingerprint density at radius 1 is 0.919 bits per heavy atom. The summed E-state index contributed by atoms with van der Waals surface area (Å²) in [6.45, 7) is 1.59. The van der Waals surface area contributed by atoms with E-state index in [2.05, 4.69) is 5.10 Å². The minimum Gasteiger partial charge on any atom is -0.487 e. The largest absolute Gasteiger partial charge is 0.487 e. The Morgan fingerprint density at radius 2 is 1.49 bits per heavy atom. The van der Waals surface area contributed by atoms with Crippen molar-refractivity contribution in [3.05, 3.63) is 93.3 Å². The second kappa shape index (κ2) is 11.0. The van der Waals surface area contributed by atoms with Crippen molar-refractivity contribution >= 4 is 91.8 Å². The summed E-state index contributed by atoms with van der Waals surface area (Å²) in [5.74, 6) is -11.5. The monoisotopic (exact) mass is 778 g/mol. The van der Waals surface area contributed by atoms with Crippen molar-refractivity contribution in [1.82, 2.24) is 0 Å². The molecule has 0 saturated carbocycles. The molecule has 0 unspecified atom stereocenters. The summed E-state index contributed by atoms with van der Waals surface area (Å²) in [6.07, 6.45) is 1.40. The maximum absolute atomic E-state index is 14.3. The molecule has 1 aliphatic rings. The van der Waals surface area contributed by atoms with Crippen LogP contribution in [-0.4, -0.2) is 11.6 Å². The van der Waals surface area contributed by atoms with Crippen molar-refractivity contribution in [2.45, 2.75) is 13.5 Å². The highest BCUT2D eigenvalue weighted by molar-refractivity contribution is 14.1. The average Bonchev–Trinajstić information content (AvgIpc) is 3.11. The summed E-state index contributed by atoms with van der Waals surface area (Å²) >= 11 is 16.1. The van der Waals surface area contributed by atoms with Gasteiger partial charge in [-0.15, -0.1) is 0 Å². The maximum Gasteiger partial charge on any atom is 0.280 e. The first-order valence-electron chi connectivity index (χ1n) is 10.1. The van der Waals surface area contributed by atoms with E-state index in [-0.39, 0.29) is 22.9 Å². The van der Waals surface area contributed by atoms with Crippen molar-refractivity contribution in [2.24, 2.45) is 5.10 Å². The van der Waals surface area contributed by atoms with E-state index in [9.17, 15) is 26.7 Å². The Labute approximate surface area is 244 Å². The molecule has 192 valence electrons. The zero-order chi connectivity index (χ0) is 27.2. The summed E-state index contributed by atoms with van der Waals surface area (Å²) in [5.41, 5.74) is -0.185. The van der Waals surface area contributed by atoms with Crippen LogP contribution in [0.1, 0.15) is 18.1 Å². The van der Waals surface area contributed by atoms with E-state index in [4.69, 9.17) is 27.9 Å². The van der Waals surface area contributed by atoms with Crippen LogP contribution in [-0.2, 0) is 11.4 Å². The topological polar surface area (TPSA) is 41.9 Å². The maximum atomic E-state index is 14.3. The SMILES string of the molecule is CC1=NN(c2c(F)c(F)c(F)c(F)c2F)C(=O)/C1=C\c1cc(I)c(OCc2ccc(Cl)c(Cl)c2)c(I)c1. The molecule has 0 aliphatic carbocycles. The van der Waals surface area contributed by atoms with Gasteiger partial charge in [0.25, 0.3) is 5.91 Å². The first-order chi connectivity index (χ1) is 17.4. The van der Waals surface area contributed by atoms with E-state index in [1.807, 2.05) is 45.2 Å². The number of halogens is 9. The van der Waals surface area contributed by atoms with Gasteiger partial charge in [0.05, 0.1) is 28.5 Å². The lowest BCUT2D eigenvalue weighted by Gasteiger charge is -2.15. The minimum absolute atomic E-state index is 0.0268. The number of hydrazone groups is 1. The van der Waals surface area contributed by atoms with Crippen LogP contribution in [0.25, 0.3) is 6.08 Å². The molecule has 1 aliphatic heterocycles. The van der Waals surface area contributed by atoms with Crippen LogP contribution >= 0.6 is 68.4 Å². The Bertz CT molecular complexity index is 1480. The molecule has 0 radical (unpaired) electrons. The van der Waals surface area contributed by atoms with Crippen LogP contribution < -0.4 is 9.75 Å². The fourth-order valence-electron chi connectivity index (χ4n) is 3.37. The normalized spacial score (nSPS) is 14.5. The summed E-state index contributed by atoms with van der Waals surface area (Å²) in [4.78, 5) is 12.9. The average molecular weight is 779 g/mol. The molecule has 0 N–H and O–H groups in total. The number of ether oxygens (including phenoxy) is 1. The third-order valence-corrected chi connectivity index (χ3v) is 7.50. The van der Waals surface area contributed by atoms with Crippen molar-refractivity contribution in [2.75, 3.05) is 5.01 Å². The van der Waals surface area contributed by atoms with Crippen LogP contribution in [0.5, 0.6) is 5.75 Å². The molecule has 3 aromatic carbocycles. The number of hydrogen-bond acceptors (Lipinski definition) is 3. The Balaban J connectivity index is 1.62. The Kier molecular flexibility index (Phi) is 8.36. The molecule has 4 rings (SSSR count). The first kappa shape index (κ1) is 28.0. The van der Waals surface area contributed by atoms with Gasteiger partial charge in [-0.3, -0.25) is 4.79 Å². The Morgan fingerprint density at radius 3 is 2.05 bits per heavy atom. The predicted octanol–water partition coefficient (Wildman–Crippen LogP) is 8.28. The zero-order valence-electron chi connectivity index (χ0n) is 18.3. The number of benzene rings is 3. The minimum atomic E-state index is -2.33. The van der Waals surface area contributed by atoms with Gasteiger partial charge in [-0.25, -0.2) is 22.0 Å². The molecule has 0 saturated heterocycles. The molecule has 1 amide bonds. The first-order valence-corrected chi connectivity index (χ1v) is 13.0. The van der Waals surface area contributed by atoms with Crippen molar-refractivity contribution in [1.29, 1.82) is 0 Å². The molecule has 0 spiro atoms. The molecule has 0 bridgehead atoms. The van der Waals surface area contributed by atoms with E-state index in [1.165, 1.54) is 13.0 Å². The van der Waals surface area contributed by atoms with Crippen LogP contribution in [0.3, 0.4) is 0 Å². The number of hydrogen-bond donors (Lipinski definition) is 0. The molecule has 3 aromatic rings. The molecule has 0 fully saturated rings. The molecule has 37 heavy (non-hydrogen) atoms. The lowest BCUT2D eigenvalue weighted by molar-refractivity contribution is -0.114. The molecular weight excluding hydrogens is 768 g/mol. The van der Waals surface area contributed by atoms with Gasteiger partial charge in [0, 0.05) is 0 Å². The Hall–Kier alpha value is -1.97. The highest BCUT2D eigenvalue weighted by Gasteiger charge is 2.37. The quantitative estimate of drug-likeness (QED) is 0.0861. The second-order valence-electron chi connectivity index (χ2n) is 7.63. The summed E-state index contributed by atoms with van der Waals surface area (Å²) in [5, 5.41) is 4.72. The summed E-state index contributed by atoms with van der Waals surface area (Å²) in [6, 6.07) is 8.51. The number of carbonyl (C=O) groups excluding carboxylic acids is 1. The van der Waals surface area contributed by atoms with Crippen molar-refractivity contribution in [3.8, 4) is 5.75 Å². The van der Waals surface area contributed by atoms with E-state index in [1.54, 1.807) is 30.3 Å². The van der Waals surface area contributed by atoms with Gasteiger partial charge in [-0.05, 0) is 93.6 Å².